The summed E-state index contributed by atoms with van der Waals surface area (Å²) in [6, 6.07) is 13.0. The highest BCUT2D eigenvalue weighted by Gasteiger charge is 2.43. The number of benzene rings is 2. The van der Waals surface area contributed by atoms with E-state index in [4.69, 9.17) is 14.2 Å². The molecule has 0 aliphatic carbocycles. The Morgan fingerprint density at radius 1 is 1.15 bits per heavy atom. The van der Waals surface area contributed by atoms with E-state index in [2.05, 4.69) is 11.0 Å². The molecule has 1 fully saturated rings. The molecule has 2 aliphatic rings. The molecule has 0 N–H and O–H groups in total. The summed E-state index contributed by atoms with van der Waals surface area (Å²) < 4.78 is 31.2. The second-order valence-electron chi connectivity index (χ2n) is 10.4. The molecule has 0 amide bonds. The Morgan fingerprint density at radius 2 is 1.91 bits per heavy atom. The Kier molecular flexibility index (Phi) is 7.46. The Balaban J connectivity index is 1.25. The van der Waals surface area contributed by atoms with Gasteiger partial charge in [0.15, 0.2) is 0 Å². The number of ether oxygens (including phenoxy) is 3. The standard InChI is InChI=1S/C28H36FNO4/c1-27(2,3)34-26(31)12-15-30-16-13-28(14-17-30)20-33-25-19-22(10-11-23(25)28)32-18-6-8-21-7-4-5-9-24(21)29/h4-5,7,9-11,19H,6,8,12-18,20H2,1-3H3. The van der Waals surface area contributed by atoms with Crippen molar-refractivity contribution in [3.63, 3.8) is 0 Å². The quantitative estimate of drug-likeness (QED) is 0.388. The van der Waals surface area contributed by atoms with Crippen molar-refractivity contribution in [3.05, 3.63) is 59.4 Å². The molecular weight excluding hydrogens is 433 g/mol. The number of carbonyl (C=O) groups excluding carboxylic acids is 1. The lowest BCUT2D eigenvalue weighted by Gasteiger charge is -2.38. The van der Waals surface area contributed by atoms with Gasteiger partial charge in [-0.25, -0.2) is 4.39 Å². The average Bonchev–Trinajstić information content (AvgIpc) is 3.14. The van der Waals surface area contributed by atoms with Crippen LogP contribution < -0.4 is 9.47 Å². The van der Waals surface area contributed by atoms with Crippen LogP contribution in [0.25, 0.3) is 0 Å². The van der Waals surface area contributed by atoms with Crippen LogP contribution in [0.5, 0.6) is 11.5 Å². The van der Waals surface area contributed by atoms with Gasteiger partial charge in [-0.15, -0.1) is 0 Å². The number of nitrogens with zero attached hydrogens (tertiary/aromatic N) is 1. The number of hydrogen-bond donors (Lipinski definition) is 0. The fourth-order valence-electron chi connectivity index (χ4n) is 4.86. The van der Waals surface area contributed by atoms with E-state index < -0.39 is 5.60 Å². The molecule has 0 atom stereocenters. The van der Waals surface area contributed by atoms with Gasteiger partial charge in [-0.2, -0.15) is 0 Å². The number of hydrogen-bond acceptors (Lipinski definition) is 5. The number of esters is 1. The molecular formula is C28H36FNO4. The number of likely N-dealkylation sites (tertiary alicyclic amines) is 1. The fourth-order valence-corrected chi connectivity index (χ4v) is 4.86. The topological polar surface area (TPSA) is 48.0 Å². The number of fused-ring (bicyclic) bond motifs is 2. The zero-order valence-electron chi connectivity index (χ0n) is 20.6. The van der Waals surface area contributed by atoms with E-state index in [0.717, 1.165) is 56.0 Å². The number of piperidine rings is 1. The van der Waals surface area contributed by atoms with Crippen LogP contribution in [0.1, 0.15) is 57.6 Å². The molecule has 4 rings (SSSR count). The van der Waals surface area contributed by atoms with Gasteiger partial charge in [0.05, 0.1) is 19.6 Å². The molecule has 2 aromatic carbocycles. The third kappa shape index (κ3) is 6.09. The zero-order valence-corrected chi connectivity index (χ0v) is 20.6. The van der Waals surface area contributed by atoms with E-state index in [0.29, 0.717) is 26.1 Å². The summed E-state index contributed by atoms with van der Waals surface area (Å²) in [6.07, 6.45) is 3.85. The summed E-state index contributed by atoms with van der Waals surface area (Å²) >= 11 is 0. The summed E-state index contributed by atoms with van der Waals surface area (Å²) in [7, 11) is 0. The molecule has 1 saturated heterocycles. The monoisotopic (exact) mass is 469 g/mol. The molecule has 34 heavy (non-hydrogen) atoms. The highest BCUT2D eigenvalue weighted by atomic mass is 19.1. The van der Waals surface area contributed by atoms with E-state index in [1.807, 2.05) is 45.0 Å². The van der Waals surface area contributed by atoms with E-state index in [9.17, 15) is 9.18 Å². The minimum absolute atomic E-state index is 0.0428. The number of carbonyl (C=O) groups is 1. The molecule has 5 nitrogen and oxygen atoms in total. The Labute approximate surface area is 202 Å². The third-order valence-corrected chi connectivity index (χ3v) is 6.71. The molecule has 1 spiro atoms. The molecule has 2 heterocycles. The highest BCUT2D eigenvalue weighted by Crippen LogP contribution is 2.46. The zero-order chi connectivity index (χ0) is 24.2. The first kappa shape index (κ1) is 24.5. The summed E-state index contributed by atoms with van der Waals surface area (Å²) in [5.74, 6) is 1.41. The predicted molar refractivity (Wildman–Crippen MR) is 130 cm³/mol. The smallest absolute Gasteiger partial charge is 0.307 e. The number of aryl methyl sites for hydroxylation is 1. The van der Waals surface area contributed by atoms with Crippen molar-refractivity contribution in [2.75, 3.05) is 32.8 Å². The van der Waals surface area contributed by atoms with E-state index in [-0.39, 0.29) is 17.2 Å². The fraction of sp³-hybridized carbons (Fsp3) is 0.536. The first-order valence-electron chi connectivity index (χ1n) is 12.3. The van der Waals surface area contributed by atoms with Gasteiger partial charge in [0, 0.05) is 23.6 Å². The van der Waals surface area contributed by atoms with Crippen molar-refractivity contribution in [2.24, 2.45) is 0 Å². The Morgan fingerprint density at radius 3 is 2.65 bits per heavy atom. The average molecular weight is 470 g/mol. The van der Waals surface area contributed by atoms with Crippen molar-refractivity contribution in [1.29, 1.82) is 0 Å². The van der Waals surface area contributed by atoms with E-state index in [1.165, 1.54) is 11.6 Å². The van der Waals surface area contributed by atoms with Gasteiger partial charge in [-0.05, 0) is 77.2 Å². The summed E-state index contributed by atoms with van der Waals surface area (Å²) in [5.41, 5.74) is 1.60. The van der Waals surface area contributed by atoms with Gasteiger partial charge in [0.2, 0.25) is 0 Å². The van der Waals surface area contributed by atoms with Crippen molar-refractivity contribution in [1.82, 2.24) is 4.90 Å². The van der Waals surface area contributed by atoms with Crippen LogP contribution in [0.4, 0.5) is 4.39 Å². The Bertz CT molecular complexity index is 992. The molecule has 184 valence electrons. The van der Waals surface area contributed by atoms with Gasteiger partial charge in [-0.3, -0.25) is 4.79 Å². The largest absolute Gasteiger partial charge is 0.493 e. The lowest BCUT2D eigenvalue weighted by atomic mass is 9.74. The van der Waals surface area contributed by atoms with Crippen LogP contribution in [0.15, 0.2) is 42.5 Å². The summed E-state index contributed by atoms with van der Waals surface area (Å²) in [6.45, 7) is 9.54. The molecule has 0 aromatic heterocycles. The number of rotatable bonds is 8. The van der Waals surface area contributed by atoms with Crippen molar-refractivity contribution >= 4 is 5.97 Å². The maximum atomic E-state index is 13.7. The molecule has 0 unspecified atom stereocenters. The molecule has 2 aromatic rings. The third-order valence-electron chi connectivity index (χ3n) is 6.71. The van der Waals surface area contributed by atoms with Gasteiger partial charge in [0.25, 0.3) is 0 Å². The van der Waals surface area contributed by atoms with Gasteiger partial charge >= 0.3 is 5.97 Å². The lowest BCUT2D eigenvalue weighted by molar-refractivity contribution is -0.155. The van der Waals surface area contributed by atoms with Gasteiger partial charge < -0.3 is 19.1 Å². The Hall–Kier alpha value is -2.60. The van der Waals surface area contributed by atoms with Crippen molar-refractivity contribution in [2.45, 2.75) is 63.9 Å². The summed E-state index contributed by atoms with van der Waals surface area (Å²) in [5, 5.41) is 0. The van der Waals surface area contributed by atoms with Crippen LogP contribution in [0, 0.1) is 5.82 Å². The first-order chi connectivity index (χ1) is 16.2. The van der Waals surface area contributed by atoms with Crippen molar-refractivity contribution < 1.29 is 23.4 Å². The molecule has 0 radical (unpaired) electrons. The lowest BCUT2D eigenvalue weighted by Crippen LogP contribution is -2.44. The van der Waals surface area contributed by atoms with Crippen molar-refractivity contribution in [3.8, 4) is 11.5 Å². The van der Waals surface area contributed by atoms with Crippen LogP contribution in [-0.4, -0.2) is 49.3 Å². The molecule has 0 saturated carbocycles. The second-order valence-corrected chi connectivity index (χ2v) is 10.4. The number of halogens is 1. The normalized spacial score (nSPS) is 17.3. The highest BCUT2D eigenvalue weighted by molar-refractivity contribution is 5.70. The first-order valence-corrected chi connectivity index (χ1v) is 12.3. The predicted octanol–water partition coefficient (Wildman–Crippen LogP) is 5.30. The second kappa shape index (κ2) is 10.3. The molecule has 2 aliphatic heterocycles. The van der Waals surface area contributed by atoms with E-state index >= 15 is 0 Å². The summed E-state index contributed by atoms with van der Waals surface area (Å²) in [4.78, 5) is 14.4. The van der Waals surface area contributed by atoms with Crippen LogP contribution >= 0.6 is 0 Å². The maximum absolute atomic E-state index is 13.7. The van der Waals surface area contributed by atoms with Crippen LogP contribution in [0.2, 0.25) is 0 Å². The van der Waals surface area contributed by atoms with Crippen LogP contribution in [-0.2, 0) is 21.4 Å². The SMILES string of the molecule is CC(C)(C)OC(=O)CCN1CCC2(CC1)COc1cc(OCCCc3ccccc3F)ccc12. The maximum Gasteiger partial charge on any atom is 0.307 e. The minimum atomic E-state index is -0.434. The molecule has 0 bridgehead atoms. The minimum Gasteiger partial charge on any atom is -0.493 e. The van der Waals surface area contributed by atoms with Crippen LogP contribution in [0.3, 0.4) is 0 Å². The van der Waals surface area contributed by atoms with Gasteiger partial charge in [0.1, 0.15) is 22.9 Å². The van der Waals surface area contributed by atoms with E-state index in [1.54, 1.807) is 6.07 Å². The molecule has 6 heteroatoms. The van der Waals surface area contributed by atoms with Gasteiger partial charge in [-0.1, -0.05) is 24.3 Å².